The van der Waals surface area contributed by atoms with Crippen molar-refractivity contribution in [2.24, 2.45) is 5.92 Å². The van der Waals surface area contributed by atoms with Crippen LogP contribution in [0.5, 0.6) is 0 Å². The van der Waals surface area contributed by atoms with E-state index >= 15 is 0 Å². The lowest BCUT2D eigenvalue weighted by Gasteiger charge is -2.31. The van der Waals surface area contributed by atoms with Crippen LogP contribution in [0.4, 0.5) is 5.69 Å². The number of anilines is 1. The minimum absolute atomic E-state index is 0.162. The topological polar surface area (TPSA) is 62.3 Å². The van der Waals surface area contributed by atoms with Crippen molar-refractivity contribution in [3.05, 3.63) is 18.3 Å². The van der Waals surface area contributed by atoms with Crippen molar-refractivity contribution in [3.63, 3.8) is 0 Å². The number of rotatable bonds is 6. The average molecular weight is 311 g/mol. The number of nitrogens with zero attached hydrogens (tertiary/aromatic N) is 2. The van der Waals surface area contributed by atoms with E-state index in [0.29, 0.717) is 24.7 Å². The van der Waals surface area contributed by atoms with Gasteiger partial charge < -0.3 is 5.32 Å². The number of nitrogens with one attached hydrogen (secondary N) is 1. The zero-order chi connectivity index (χ0) is 15.3. The smallest absolute Gasteiger partial charge is 0.262 e. The van der Waals surface area contributed by atoms with E-state index in [2.05, 4.69) is 17.2 Å². The molecule has 0 aliphatic carbocycles. The number of aromatic nitrogens is 1. The van der Waals surface area contributed by atoms with Crippen LogP contribution in [0.3, 0.4) is 0 Å². The molecule has 1 saturated heterocycles. The molecular weight excluding hydrogens is 286 g/mol. The van der Waals surface area contributed by atoms with Gasteiger partial charge in [-0.15, -0.1) is 0 Å². The Morgan fingerprint density at radius 3 is 2.95 bits per heavy atom. The SMILES string of the molecule is CCCNc1cccnc1S(=O)(=O)N1CCCC(CC)C1. The molecule has 0 spiro atoms. The van der Waals surface area contributed by atoms with E-state index in [1.807, 2.05) is 6.92 Å². The number of pyridine rings is 1. The Hall–Kier alpha value is -1.14. The lowest BCUT2D eigenvalue weighted by Crippen LogP contribution is -2.40. The van der Waals surface area contributed by atoms with E-state index in [1.165, 1.54) is 0 Å². The lowest BCUT2D eigenvalue weighted by atomic mass is 9.97. The quantitative estimate of drug-likeness (QED) is 0.877. The fourth-order valence-electron chi connectivity index (χ4n) is 2.69. The summed E-state index contributed by atoms with van der Waals surface area (Å²) in [6.45, 7) is 6.13. The minimum Gasteiger partial charge on any atom is -0.383 e. The first-order valence-corrected chi connectivity index (χ1v) is 9.22. The van der Waals surface area contributed by atoms with E-state index in [4.69, 9.17) is 0 Å². The van der Waals surface area contributed by atoms with Crippen molar-refractivity contribution in [1.29, 1.82) is 0 Å². The molecule has 1 aliphatic heterocycles. The molecule has 1 aromatic heterocycles. The normalized spacial score (nSPS) is 20.4. The number of hydrogen-bond acceptors (Lipinski definition) is 4. The molecule has 6 heteroatoms. The Kier molecular flexibility index (Phi) is 5.58. The van der Waals surface area contributed by atoms with Crippen LogP contribution in [0.2, 0.25) is 0 Å². The van der Waals surface area contributed by atoms with Crippen molar-refractivity contribution >= 4 is 15.7 Å². The number of sulfonamides is 1. The summed E-state index contributed by atoms with van der Waals surface area (Å²) >= 11 is 0. The molecule has 118 valence electrons. The second-order valence-corrected chi connectivity index (χ2v) is 7.42. The maximum absolute atomic E-state index is 12.9. The van der Waals surface area contributed by atoms with E-state index in [1.54, 1.807) is 22.6 Å². The van der Waals surface area contributed by atoms with E-state index in [-0.39, 0.29) is 5.03 Å². The zero-order valence-electron chi connectivity index (χ0n) is 12.9. The molecule has 1 aromatic rings. The van der Waals surface area contributed by atoms with Crippen LogP contribution in [-0.2, 0) is 10.0 Å². The molecule has 0 aromatic carbocycles. The van der Waals surface area contributed by atoms with Crippen molar-refractivity contribution in [3.8, 4) is 0 Å². The van der Waals surface area contributed by atoms with Crippen molar-refractivity contribution in [1.82, 2.24) is 9.29 Å². The maximum atomic E-state index is 12.9. The second kappa shape index (κ2) is 7.22. The molecular formula is C15H25N3O2S. The van der Waals surface area contributed by atoms with Gasteiger partial charge in [-0.05, 0) is 37.3 Å². The zero-order valence-corrected chi connectivity index (χ0v) is 13.7. The van der Waals surface area contributed by atoms with Crippen LogP contribution < -0.4 is 5.32 Å². The van der Waals surface area contributed by atoms with Gasteiger partial charge in [-0.25, -0.2) is 13.4 Å². The number of hydrogen-bond donors (Lipinski definition) is 1. The molecule has 1 fully saturated rings. The van der Waals surface area contributed by atoms with Gasteiger partial charge in [0.25, 0.3) is 10.0 Å². The highest BCUT2D eigenvalue weighted by Gasteiger charge is 2.32. The Morgan fingerprint density at radius 1 is 1.43 bits per heavy atom. The molecule has 0 bridgehead atoms. The van der Waals surface area contributed by atoms with Crippen molar-refractivity contribution < 1.29 is 8.42 Å². The molecule has 1 aliphatic rings. The molecule has 1 N–H and O–H groups in total. The van der Waals surface area contributed by atoms with Gasteiger partial charge in [0, 0.05) is 25.8 Å². The van der Waals surface area contributed by atoms with Gasteiger partial charge in [0.2, 0.25) is 0 Å². The minimum atomic E-state index is -3.51. The van der Waals surface area contributed by atoms with Crippen LogP contribution >= 0.6 is 0 Å². The molecule has 0 amide bonds. The van der Waals surface area contributed by atoms with E-state index < -0.39 is 10.0 Å². The summed E-state index contributed by atoms with van der Waals surface area (Å²) in [4.78, 5) is 4.14. The fourth-order valence-corrected chi connectivity index (χ4v) is 4.32. The van der Waals surface area contributed by atoms with Crippen LogP contribution in [-0.4, -0.2) is 37.3 Å². The molecule has 21 heavy (non-hydrogen) atoms. The van der Waals surface area contributed by atoms with Gasteiger partial charge in [0.05, 0.1) is 5.69 Å². The molecule has 0 saturated carbocycles. The van der Waals surface area contributed by atoms with Gasteiger partial charge in [0.15, 0.2) is 5.03 Å². The van der Waals surface area contributed by atoms with Gasteiger partial charge in [-0.2, -0.15) is 4.31 Å². The van der Waals surface area contributed by atoms with Gasteiger partial charge in [0.1, 0.15) is 0 Å². The second-order valence-electron chi connectivity index (χ2n) is 5.56. The first-order chi connectivity index (χ1) is 10.1. The summed E-state index contributed by atoms with van der Waals surface area (Å²) in [5, 5.41) is 3.33. The summed E-state index contributed by atoms with van der Waals surface area (Å²) in [6.07, 6.45) is 5.56. The van der Waals surface area contributed by atoms with Crippen molar-refractivity contribution in [2.45, 2.75) is 44.6 Å². The van der Waals surface area contributed by atoms with Crippen molar-refractivity contribution in [2.75, 3.05) is 25.0 Å². The van der Waals surface area contributed by atoms with E-state index in [0.717, 1.165) is 32.2 Å². The molecule has 0 radical (unpaired) electrons. The lowest BCUT2D eigenvalue weighted by molar-refractivity contribution is 0.261. The summed E-state index contributed by atoms with van der Waals surface area (Å²) in [6, 6.07) is 3.55. The Balaban J connectivity index is 2.26. The highest BCUT2D eigenvalue weighted by atomic mass is 32.2. The van der Waals surface area contributed by atoms with Crippen LogP contribution in [0.15, 0.2) is 23.4 Å². The maximum Gasteiger partial charge on any atom is 0.262 e. The first kappa shape index (κ1) is 16.2. The molecule has 1 atom stereocenters. The third kappa shape index (κ3) is 3.74. The van der Waals surface area contributed by atoms with Gasteiger partial charge in [-0.3, -0.25) is 0 Å². The summed E-state index contributed by atoms with van der Waals surface area (Å²) in [5.74, 6) is 0.462. The summed E-state index contributed by atoms with van der Waals surface area (Å²) < 4.78 is 27.3. The molecule has 2 heterocycles. The highest BCUT2D eigenvalue weighted by molar-refractivity contribution is 7.89. The fraction of sp³-hybridized carbons (Fsp3) is 0.667. The number of piperidine rings is 1. The third-order valence-corrected chi connectivity index (χ3v) is 5.81. The van der Waals surface area contributed by atoms with Crippen LogP contribution in [0.25, 0.3) is 0 Å². The van der Waals surface area contributed by atoms with Gasteiger partial charge >= 0.3 is 0 Å². The molecule has 2 rings (SSSR count). The predicted molar refractivity (Wildman–Crippen MR) is 84.8 cm³/mol. The predicted octanol–water partition coefficient (Wildman–Crippen LogP) is 2.71. The Labute approximate surface area is 127 Å². The largest absolute Gasteiger partial charge is 0.383 e. The highest BCUT2D eigenvalue weighted by Crippen LogP contribution is 2.27. The van der Waals surface area contributed by atoms with E-state index in [9.17, 15) is 8.42 Å². The van der Waals surface area contributed by atoms with Gasteiger partial charge in [-0.1, -0.05) is 20.3 Å². The molecule has 1 unspecified atom stereocenters. The standard InChI is InChI=1S/C15H25N3O2S/c1-3-9-16-14-8-5-10-17-15(14)21(19,20)18-11-6-7-13(4-2)12-18/h5,8,10,13,16H,3-4,6-7,9,11-12H2,1-2H3. The molecule has 5 nitrogen and oxygen atoms in total. The van der Waals surface area contributed by atoms with Crippen LogP contribution in [0.1, 0.15) is 39.5 Å². The van der Waals surface area contributed by atoms with Crippen LogP contribution in [0, 0.1) is 5.92 Å². The Morgan fingerprint density at radius 2 is 2.24 bits per heavy atom. The summed E-state index contributed by atoms with van der Waals surface area (Å²) in [5.41, 5.74) is 0.609. The third-order valence-electron chi connectivity index (χ3n) is 3.98. The monoisotopic (exact) mass is 311 g/mol. The Bertz CT molecular complexity index is 560. The average Bonchev–Trinajstić information content (AvgIpc) is 2.53. The first-order valence-electron chi connectivity index (χ1n) is 7.78. The summed E-state index contributed by atoms with van der Waals surface area (Å²) in [7, 11) is -3.51.